The number of non-ortho nitro benzene ring substituents is 1. The molecule has 0 radical (unpaired) electrons. The van der Waals surface area contributed by atoms with Gasteiger partial charge in [0.05, 0.1) is 21.6 Å². The first-order valence-electron chi connectivity index (χ1n) is 15.2. The van der Waals surface area contributed by atoms with Crippen molar-refractivity contribution in [3.05, 3.63) is 159 Å². The van der Waals surface area contributed by atoms with E-state index < -0.39 is 65.8 Å². The number of hydrogen-bond donors (Lipinski definition) is 0. The van der Waals surface area contributed by atoms with Crippen molar-refractivity contribution >= 4 is 29.7 Å². The maximum atomic E-state index is 13.6. The molecule has 16 heteroatoms. The van der Waals surface area contributed by atoms with Crippen LogP contribution in [0.25, 0.3) is 0 Å². The molecule has 2 heterocycles. The van der Waals surface area contributed by atoms with Gasteiger partial charge >= 0.3 is 29.7 Å². The van der Waals surface area contributed by atoms with Crippen molar-refractivity contribution < 1.29 is 47.8 Å². The van der Waals surface area contributed by atoms with E-state index in [0.717, 1.165) is 35.2 Å². The summed E-state index contributed by atoms with van der Waals surface area (Å²) in [7, 11) is 0. The van der Waals surface area contributed by atoms with E-state index in [1.165, 1.54) is 36.4 Å². The van der Waals surface area contributed by atoms with Crippen LogP contribution in [0.2, 0.25) is 0 Å². The third-order valence-corrected chi connectivity index (χ3v) is 7.57. The normalized spacial score (nSPS) is 18.0. The lowest BCUT2D eigenvalue weighted by molar-refractivity contribution is -0.384. The van der Waals surface area contributed by atoms with E-state index in [2.05, 4.69) is 5.10 Å². The maximum absolute atomic E-state index is 13.6. The predicted molar refractivity (Wildman–Crippen MR) is 173 cm³/mol. The van der Waals surface area contributed by atoms with E-state index in [9.17, 15) is 34.1 Å². The van der Waals surface area contributed by atoms with Crippen molar-refractivity contribution in [1.82, 2.24) is 14.3 Å². The highest BCUT2D eigenvalue weighted by Gasteiger charge is 2.52. The third kappa shape index (κ3) is 7.71. The quantitative estimate of drug-likeness (QED) is 0.0873. The van der Waals surface area contributed by atoms with Crippen LogP contribution in [0.1, 0.15) is 37.3 Å². The van der Waals surface area contributed by atoms with Gasteiger partial charge in [-0.3, -0.25) is 10.1 Å². The Balaban J connectivity index is 1.33. The lowest BCUT2D eigenvalue weighted by atomic mass is 10.1. The summed E-state index contributed by atoms with van der Waals surface area (Å²) in [5.74, 6) is -2.55. The number of nitrogens with zero attached hydrogens (tertiary/aromatic N) is 4. The summed E-state index contributed by atoms with van der Waals surface area (Å²) < 4.78 is 29.6. The van der Waals surface area contributed by atoms with Crippen LogP contribution < -0.4 is 10.4 Å². The van der Waals surface area contributed by atoms with E-state index in [1.807, 2.05) is 0 Å². The van der Waals surface area contributed by atoms with Gasteiger partial charge in [-0.05, 0) is 48.5 Å². The van der Waals surface area contributed by atoms with Gasteiger partial charge in [0.2, 0.25) is 0 Å². The summed E-state index contributed by atoms with van der Waals surface area (Å²) in [6.07, 6.45) is -6.23. The van der Waals surface area contributed by atoms with Gasteiger partial charge in [0.15, 0.2) is 18.4 Å². The van der Waals surface area contributed by atoms with Crippen LogP contribution in [-0.4, -0.2) is 68.2 Å². The molecule has 4 atom stereocenters. The van der Waals surface area contributed by atoms with Gasteiger partial charge < -0.3 is 23.7 Å². The molecule has 0 N–H and O–H groups in total. The van der Waals surface area contributed by atoms with E-state index >= 15 is 0 Å². The summed E-state index contributed by atoms with van der Waals surface area (Å²) in [5.41, 5.74) is -0.868. The first-order chi connectivity index (χ1) is 24.7. The Kier molecular flexibility index (Phi) is 10.0. The molecule has 0 amide bonds. The highest BCUT2D eigenvalue weighted by Crippen LogP contribution is 2.35. The minimum atomic E-state index is -1.57. The number of hydrogen-bond acceptors (Lipinski definition) is 13. The van der Waals surface area contributed by atoms with Crippen LogP contribution in [0.4, 0.5) is 10.5 Å². The number of ether oxygens (including phenoxy) is 5. The number of carbonyl (C=O) groups excluding carboxylic acids is 4. The van der Waals surface area contributed by atoms with Crippen molar-refractivity contribution in [2.24, 2.45) is 0 Å². The molecule has 5 aromatic rings. The van der Waals surface area contributed by atoms with Gasteiger partial charge in [0.1, 0.15) is 24.8 Å². The average Bonchev–Trinajstić information content (AvgIpc) is 3.70. The van der Waals surface area contributed by atoms with Gasteiger partial charge in [0, 0.05) is 12.1 Å². The number of rotatable bonds is 10. The Morgan fingerprint density at radius 2 is 1.24 bits per heavy atom. The highest BCUT2D eigenvalue weighted by molar-refractivity contribution is 5.91. The van der Waals surface area contributed by atoms with Gasteiger partial charge in [-0.25, -0.2) is 28.5 Å². The number of aromatic nitrogens is 3. The molecule has 1 aromatic heterocycles. The zero-order chi connectivity index (χ0) is 35.9. The summed E-state index contributed by atoms with van der Waals surface area (Å²) in [6, 6.07) is 28.3. The minimum Gasteiger partial charge on any atom is -0.459 e. The topological polar surface area (TPSA) is 197 Å². The van der Waals surface area contributed by atoms with E-state index in [4.69, 9.17) is 23.7 Å². The fourth-order valence-corrected chi connectivity index (χ4v) is 5.08. The minimum absolute atomic E-state index is 0.119. The molecule has 1 aliphatic rings. The molecule has 6 rings (SSSR count). The molecule has 51 heavy (non-hydrogen) atoms. The van der Waals surface area contributed by atoms with Crippen molar-refractivity contribution in [2.45, 2.75) is 24.5 Å². The average molecular weight is 695 g/mol. The zero-order valence-corrected chi connectivity index (χ0v) is 26.3. The van der Waals surface area contributed by atoms with E-state index in [0.29, 0.717) is 4.68 Å². The molecular weight excluding hydrogens is 668 g/mol. The Morgan fingerprint density at radius 1 is 0.725 bits per heavy atom. The van der Waals surface area contributed by atoms with E-state index in [-0.39, 0.29) is 28.1 Å². The largest absolute Gasteiger partial charge is 0.459 e. The summed E-state index contributed by atoms with van der Waals surface area (Å²) in [6.45, 7) is -0.512. The number of benzene rings is 4. The molecule has 1 fully saturated rings. The fourth-order valence-electron chi connectivity index (χ4n) is 5.08. The second-order valence-electron chi connectivity index (χ2n) is 10.9. The first-order valence-corrected chi connectivity index (χ1v) is 15.2. The van der Waals surface area contributed by atoms with Crippen LogP contribution in [-0.2, 0) is 18.9 Å². The number of esters is 3. The van der Waals surface area contributed by atoms with Gasteiger partial charge in [-0.1, -0.05) is 54.6 Å². The second kappa shape index (κ2) is 15.1. The number of carbonyl (C=O) groups is 4. The molecule has 4 unspecified atom stereocenters. The van der Waals surface area contributed by atoms with Gasteiger partial charge in [0.25, 0.3) is 5.69 Å². The predicted octanol–water partition coefficient (Wildman–Crippen LogP) is 4.21. The van der Waals surface area contributed by atoms with Crippen LogP contribution in [0.15, 0.2) is 126 Å². The molecule has 258 valence electrons. The Labute approximate surface area is 287 Å². The van der Waals surface area contributed by atoms with Gasteiger partial charge in [-0.2, -0.15) is 0 Å². The fraction of sp³-hybridized carbons (Fsp3) is 0.143. The van der Waals surface area contributed by atoms with Crippen molar-refractivity contribution in [3.63, 3.8) is 0 Å². The number of nitro benzene ring substituents is 1. The van der Waals surface area contributed by atoms with Crippen molar-refractivity contribution in [1.29, 1.82) is 0 Å². The third-order valence-electron chi connectivity index (χ3n) is 7.57. The molecule has 0 spiro atoms. The number of nitro groups is 1. The Morgan fingerprint density at radius 3 is 1.76 bits per heavy atom. The molecule has 0 aliphatic carbocycles. The second-order valence-corrected chi connectivity index (χ2v) is 10.9. The van der Waals surface area contributed by atoms with Crippen LogP contribution in [0.5, 0.6) is 5.75 Å². The van der Waals surface area contributed by atoms with E-state index in [1.54, 1.807) is 54.6 Å². The summed E-state index contributed by atoms with van der Waals surface area (Å²) in [4.78, 5) is 76.4. The zero-order valence-electron chi connectivity index (χ0n) is 26.3. The monoisotopic (exact) mass is 694 g/mol. The Hall–Kier alpha value is -6.94. The smallest absolute Gasteiger partial charge is 0.444 e. The molecule has 16 nitrogen and oxygen atoms in total. The molecular formula is C35H26N4O12. The summed E-state index contributed by atoms with van der Waals surface area (Å²) in [5, 5.41) is 14.8. The van der Waals surface area contributed by atoms with Crippen LogP contribution in [0, 0.1) is 10.1 Å². The first kappa shape index (κ1) is 33.9. The molecule has 0 bridgehead atoms. The molecule has 1 aliphatic heterocycles. The molecule has 1 saturated heterocycles. The lowest BCUT2D eigenvalue weighted by Gasteiger charge is -2.24. The van der Waals surface area contributed by atoms with Crippen molar-refractivity contribution in [2.75, 3.05) is 6.61 Å². The van der Waals surface area contributed by atoms with Crippen molar-refractivity contribution in [3.8, 4) is 5.75 Å². The maximum Gasteiger partial charge on any atom is 0.444 e. The van der Waals surface area contributed by atoms with Gasteiger partial charge in [-0.15, -0.1) is 9.78 Å². The lowest BCUT2D eigenvalue weighted by Crippen LogP contribution is -2.42. The molecule has 0 saturated carbocycles. The Bertz CT molecular complexity index is 2100. The SMILES string of the molecule is O=C(OCC1OC(n2cnn(C(=O)Oc3ccc([N+](=O)[O-])cc3)c2=O)C(OC(=O)c2ccccc2)C1OC(=O)c1ccccc1)c1ccccc1. The molecule has 4 aromatic carbocycles. The summed E-state index contributed by atoms with van der Waals surface area (Å²) >= 11 is 0. The highest BCUT2D eigenvalue weighted by atomic mass is 16.7. The van der Waals surface area contributed by atoms with Crippen LogP contribution >= 0.6 is 0 Å². The van der Waals surface area contributed by atoms with Crippen LogP contribution in [0.3, 0.4) is 0 Å². The standard InChI is InChI=1S/C35H26N4O12/c40-31(22-10-4-1-5-11-22)47-20-27-28(50-32(41)23-12-6-2-7-13-23)29(51-33(42)24-14-8-3-9-15-24)30(49-27)37-21-36-38(34(37)43)35(44)48-26-18-16-25(17-19-26)39(45)46/h1-19,21,27-30H,20H2.